The van der Waals surface area contributed by atoms with Gasteiger partial charge < -0.3 is 10.2 Å². The molecule has 1 aliphatic heterocycles. The summed E-state index contributed by atoms with van der Waals surface area (Å²) < 4.78 is 0. The lowest BCUT2D eigenvalue weighted by molar-refractivity contribution is 0.128. The maximum atomic E-state index is 4.77. The molecule has 1 saturated heterocycles. The molecule has 21 heavy (non-hydrogen) atoms. The molecule has 1 atom stereocenters. The molecule has 0 amide bonds. The lowest BCUT2D eigenvalue weighted by Crippen LogP contribution is -2.44. The second-order valence-electron chi connectivity index (χ2n) is 7.31. The average Bonchev–Trinajstić information content (AvgIpc) is 2.83. The average molecular weight is 311 g/mol. The molecule has 1 aromatic heterocycles. The molecule has 1 fully saturated rings. The molecular weight excluding hydrogens is 280 g/mol. The van der Waals surface area contributed by atoms with Gasteiger partial charge in [-0.2, -0.15) is 0 Å². The van der Waals surface area contributed by atoms with Gasteiger partial charge in [0.05, 0.1) is 5.69 Å². The van der Waals surface area contributed by atoms with Crippen LogP contribution in [0.25, 0.3) is 0 Å². The first kappa shape index (κ1) is 16.9. The first-order valence-electron chi connectivity index (χ1n) is 7.90. The molecule has 1 aliphatic rings. The van der Waals surface area contributed by atoms with Crippen LogP contribution in [0.4, 0.5) is 0 Å². The van der Waals surface area contributed by atoms with Crippen LogP contribution in [0.5, 0.6) is 0 Å². The van der Waals surface area contributed by atoms with Gasteiger partial charge in [-0.05, 0) is 54.3 Å². The molecule has 0 radical (unpaired) electrons. The van der Waals surface area contributed by atoms with Crippen molar-refractivity contribution in [1.82, 2.24) is 20.1 Å². The summed E-state index contributed by atoms with van der Waals surface area (Å²) in [6.45, 7) is 10.8. The summed E-state index contributed by atoms with van der Waals surface area (Å²) in [5.74, 6) is 0. The van der Waals surface area contributed by atoms with Crippen LogP contribution in [0.3, 0.4) is 0 Å². The zero-order valence-corrected chi connectivity index (χ0v) is 15.0. The predicted octanol–water partition coefficient (Wildman–Crippen LogP) is 2.56. The first-order valence-corrected chi connectivity index (χ1v) is 8.78. The van der Waals surface area contributed by atoms with E-state index in [4.69, 9.17) is 4.98 Å². The van der Waals surface area contributed by atoms with Crippen molar-refractivity contribution in [2.75, 3.05) is 27.2 Å². The van der Waals surface area contributed by atoms with Crippen LogP contribution < -0.4 is 5.32 Å². The molecule has 2 rings (SSSR count). The highest BCUT2D eigenvalue weighted by Gasteiger charge is 2.21. The van der Waals surface area contributed by atoms with Crippen LogP contribution in [0.2, 0.25) is 0 Å². The molecule has 2 heterocycles. The number of hydrogen-bond acceptors (Lipinski definition) is 5. The van der Waals surface area contributed by atoms with Crippen molar-refractivity contribution in [3.05, 3.63) is 16.1 Å². The molecular formula is C16H30N4S. The number of hydrogen-bond donors (Lipinski definition) is 1. The van der Waals surface area contributed by atoms with E-state index in [1.807, 2.05) is 0 Å². The van der Waals surface area contributed by atoms with E-state index in [2.05, 4.69) is 55.4 Å². The Morgan fingerprint density at radius 3 is 2.90 bits per heavy atom. The van der Waals surface area contributed by atoms with Crippen LogP contribution in [0.1, 0.15) is 44.3 Å². The van der Waals surface area contributed by atoms with Crippen molar-refractivity contribution in [2.24, 2.45) is 0 Å². The predicted molar refractivity (Wildman–Crippen MR) is 90.7 cm³/mol. The van der Waals surface area contributed by atoms with E-state index in [9.17, 15) is 0 Å². The SMILES string of the molecule is CN1CCCC(N(C)Cc2csc(CNC(C)(C)C)n2)C1. The number of nitrogens with one attached hydrogen (secondary N) is 1. The van der Waals surface area contributed by atoms with Crippen LogP contribution >= 0.6 is 11.3 Å². The maximum Gasteiger partial charge on any atom is 0.107 e. The smallest absolute Gasteiger partial charge is 0.107 e. The van der Waals surface area contributed by atoms with Gasteiger partial charge >= 0.3 is 0 Å². The number of piperidine rings is 1. The van der Waals surface area contributed by atoms with Gasteiger partial charge in [0.25, 0.3) is 0 Å². The van der Waals surface area contributed by atoms with Crippen LogP contribution in [-0.4, -0.2) is 53.5 Å². The minimum atomic E-state index is 0.148. The van der Waals surface area contributed by atoms with Gasteiger partial charge in [0.1, 0.15) is 5.01 Å². The Labute approximate surface area is 133 Å². The van der Waals surface area contributed by atoms with Crippen molar-refractivity contribution in [2.45, 2.75) is 58.3 Å². The maximum absolute atomic E-state index is 4.77. The molecule has 5 heteroatoms. The number of aromatic nitrogens is 1. The summed E-state index contributed by atoms with van der Waals surface area (Å²) in [6, 6.07) is 0.668. The van der Waals surface area contributed by atoms with Crippen LogP contribution in [0.15, 0.2) is 5.38 Å². The molecule has 0 saturated carbocycles. The van der Waals surface area contributed by atoms with E-state index in [0.717, 1.165) is 13.1 Å². The largest absolute Gasteiger partial charge is 0.306 e. The Morgan fingerprint density at radius 1 is 1.48 bits per heavy atom. The summed E-state index contributed by atoms with van der Waals surface area (Å²) in [5, 5.41) is 6.90. The van der Waals surface area contributed by atoms with Crippen LogP contribution in [0, 0.1) is 0 Å². The highest BCUT2D eigenvalue weighted by atomic mass is 32.1. The van der Waals surface area contributed by atoms with Gasteiger partial charge in [0.15, 0.2) is 0 Å². The Kier molecular flexibility index (Phi) is 5.77. The quantitative estimate of drug-likeness (QED) is 0.906. The third-order valence-corrected chi connectivity index (χ3v) is 4.90. The van der Waals surface area contributed by atoms with Crippen molar-refractivity contribution >= 4 is 11.3 Å². The monoisotopic (exact) mass is 310 g/mol. The summed E-state index contributed by atoms with van der Waals surface area (Å²) in [7, 11) is 4.45. The fraction of sp³-hybridized carbons (Fsp3) is 0.812. The van der Waals surface area contributed by atoms with Crippen molar-refractivity contribution < 1.29 is 0 Å². The van der Waals surface area contributed by atoms with E-state index in [0.29, 0.717) is 6.04 Å². The Hall–Kier alpha value is -0.490. The molecule has 0 aromatic carbocycles. The highest BCUT2D eigenvalue weighted by Crippen LogP contribution is 2.17. The topological polar surface area (TPSA) is 31.4 Å². The molecule has 4 nitrogen and oxygen atoms in total. The molecule has 120 valence electrons. The number of thiazole rings is 1. The number of likely N-dealkylation sites (N-methyl/N-ethyl adjacent to an activating group) is 2. The van der Waals surface area contributed by atoms with Gasteiger partial charge in [0.2, 0.25) is 0 Å². The number of rotatable bonds is 5. The molecule has 0 aliphatic carbocycles. The van der Waals surface area contributed by atoms with Gasteiger partial charge in [-0.1, -0.05) is 0 Å². The Morgan fingerprint density at radius 2 is 2.24 bits per heavy atom. The summed E-state index contributed by atoms with van der Waals surface area (Å²) in [5.41, 5.74) is 1.36. The summed E-state index contributed by atoms with van der Waals surface area (Å²) in [6.07, 6.45) is 2.62. The van der Waals surface area contributed by atoms with Gasteiger partial charge in [0, 0.05) is 36.6 Å². The van der Waals surface area contributed by atoms with Gasteiger partial charge in [-0.15, -0.1) is 11.3 Å². The normalized spacial score (nSPS) is 21.1. The van der Waals surface area contributed by atoms with Gasteiger partial charge in [-0.3, -0.25) is 4.90 Å². The van der Waals surface area contributed by atoms with E-state index in [-0.39, 0.29) is 5.54 Å². The van der Waals surface area contributed by atoms with Crippen molar-refractivity contribution in [1.29, 1.82) is 0 Å². The fourth-order valence-electron chi connectivity index (χ4n) is 2.73. The third-order valence-electron chi connectivity index (χ3n) is 4.00. The third kappa shape index (κ3) is 5.66. The van der Waals surface area contributed by atoms with Crippen molar-refractivity contribution in [3.8, 4) is 0 Å². The molecule has 0 bridgehead atoms. The minimum Gasteiger partial charge on any atom is -0.306 e. The summed E-state index contributed by atoms with van der Waals surface area (Å²) >= 11 is 1.77. The minimum absolute atomic E-state index is 0.148. The number of likely N-dealkylation sites (tertiary alicyclic amines) is 1. The lowest BCUT2D eigenvalue weighted by Gasteiger charge is -2.35. The van der Waals surface area contributed by atoms with E-state index in [1.165, 1.54) is 36.6 Å². The van der Waals surface area contributed by atoms with Gasteiger partial charge in [-0.25, -0.2) is 4.98 Å². The molecule has 1 aromatic rings. The van der Waals surface area contributed by atoms with E-state index in [1.54, 1.807) is 11.3 Å². The molecule has 0 spiro atoms. The molecule has 1 unspecified atom stereocenters. The second kappa shape index (κ2) is 7.18. The highest BCUT2D eigenvalue weighted by molar-refractivity contribution is 7.09. The first-order chi connectivity index (χ1) is 9.83. The fourth-order valence-corrected chi connectivity index (χ4v) is 3.45. The standard InChI is InChI=1S/C16H30N4S/c1-16(2,3)17-9-15-18-13(12-21-15)10-20(5)14-7-6-8-19(4)11-14/h12,14,17H,6-11H2,1-5H3. The van der Waals surface area contributed by atoms with Crippen LogP contribution in [-0.2, 0) is 13.1 Å². The van der Waals surface area contributed by atoms with E-state index >= 15 is 0 Å². The number of nitrogens with zero attached hydrogens (tertiary/aromatic N) is 3. The van der Waals surface area contributed by atoms with Crippen molar-refractivity contribution in [3.63, 3.8) is 0 Å². The molecule has 1 N–H and O–H groups in total. The Balaban J connectivity index is 1.84. The van der Waals surface area contributed by atoms with E-state index < -0.39 is 0 Å². The Bertz CT molecular complexity index is 438. The summed E-state index contributed by atoms with van der Waals surface area (Å²) in [4.78, 5) is 9.67. The zero-order valence-electron chi connectivity index (χ0n) is 14.1. The zero-order chi connectivity index (χ0) is 15.5. The second-order valence-corrected chi connectivity index (χ2v) is 8.25. The lowest BCUT2D eigenvalue weighted by atomic mass is 10.1.